The lowest BCUT2D eigenvalue weighted by Gasteiger charge is -2.11. The van der Waals surface area contributed by atoms with Gasteiger partial charge in [-0.2, -0.15) is 0 Å². The van der Waals surface area contributed by atoms with Crippen LogP contribution in [0, 0.1) is 0 Å². The lowest BCUT2D eigenvalue weighted by Crippen LogP contribution is -1.95. The molecule has 0 fully saturated rings. The van der Waals surface area contributed by atoms with Crippen LogP contribution in [0.4, 0.5) is 11.4 Å². The van der Waals surface area contributed by atoms with Gasteiger partial charge in [-0.25, -0.2) is 0 Å². The molecule has 0 aliphatic heterocycles. The van der Waals surface area contributed by atoms with Crippen molar-refractivity contribution >= 4 is 11.4 Å². The summed E-state index contributed by atoms with van der Waals surface area (Å²) in [5, 5.41) is 3.31. The molecule has 0 radical (unpaired) electrons. The molecule has 0 saturated heterocycles. The summed E-state index contributed by atoms with van der Waals surface area (Å²) >= 11 is 0. The number of nitrogens with zero attached hydrogens (tertiary/aromatic N) is 1. The van der Waals surface area contributed by atoms with Crippen LogP contribution in [-0.4, -0.2) is 12.1 Å². The van der Waals surface area contributed by atoms with E-state index in [2.05, 4.69) is 23.3 Å². The molecular weight excluding hydrogens is 212 g/mol. The van der Waals surface area contributed by atoms with Gasteiger partial charge in [-0.3, -0.25) is 4.98 Å². The smallest absolute Gasteiger partial charge is 0.142 e. The Balaban J connectivity index is 2.24. The number of nitrogens with one attached hydrogen (secondary N) is 1. The van der Waals surface area contributed by atoms with Crippen molar-refractivity contribution in [2.45, 2.75) is 13.3 Å². The van der Waals surface area contributed by atoms with Crippen molar-refractivity contribution in [2.24, 2.45) is 0 Å². The molecule has 17 heavy (non-hydrogen) atoms. The molecule has 0 aliphatic rings. The molecule has 0 spiro atoms. The maximum Gasteiger partial charge on any atom is 0.142 e. The van der Waals surface area contributed by atoms with E-state index in [0.29, 0.717) is 0 Å². The monoisotopic (exact) mass is 228 g/mol. The maximum absolute atomic E-state index is 5.29. The number of ether oxygens (including phenoxy) is 1. The van der Waals surface area contributed by atoms with Crippen molar-refractivity contribution < 1.29 is 4.74 Å². The summed E-state index contributed by atoms with van der Waals surface area (Å²) in [5.74, 6) is 0.828. The molecule has 0 aliphatic carbocycles. The Kier molecular flexibility index (Phi) is 3.60. The normalized spacial score (nSPS) is 10.0. The highest BCUT2D eigenvalue weighted by Gasteiger charge is 2.02. The van der Waals surface area contributed by atoms with Crippen molar-refractivity contribution in [3.63, 3.8) is 0 Å². The van der Waals surface area contributed by atoms with Crippen LogP contribution in [0.3, 0.4) is 0 Å². The molecule has 3 heteroatoms. The fourth-order valence-electron chi connectivity index (χ4n) is 1.65. The van der Waals surface area contributed by atoms with Gasteiger partial charge in [0.15, 0.2) is 0 Å². The fraction of sp³-hybridized carbons (Fsp3) is 0.214. The van der Waals surface area contributed by atoms with Crippen LogP contribution in [0.5, 0.6) is 5.75 Å². The molecule has 0 bridgehead atoms. The standard InChI is InChI=1S/C14H16N2O/c1-3-11-8-12(10-15-9-11)16-13-6-4-5-7-14(13)17-2/h4-10,16H,3H2,1-2H3. The van der Waals surface area contributed by atoms with Crippen LogP contribution in [0.25, 0.3) is 0 Å². The van der Waals surface area contributed by atoms with E-state index in [4.69, 9.17) is 4.74 Å². The van der Waals surface area contributed by atoms with Gasteiger partial charge >= 0.3 is 0 Å². The fourth-order valence-corrected chi connectivity index (χ4v) is 1.65. The third-order valence-electron chi connectivity index (χ3n) is 2.59. The van der Waals surface area contributed by atoms with Crippen molar-refractivity contribution in [1.29, 1.82) is 0 Å². The second-order valence-corrected chi connectivity index (χ2v) is 3.76. The molecule has 0 saturated carbocycles. The van der Waals surface area contributed by atoms with Crippen LogP contribution in [0.1, 0.15) is 12.5 Å². The number of pyridine rings is 1. The number of para-hydroxylation sites is 2. The number of anilines is 2. The van der Waals surface area contributed by atoms with E-state index in [-0.39, 0.29) is 0 Å². The van der Waals surface area contributed by atoms with Crippen molar-refractivity contribution in [3.05, 3.63) is 48.3 Å². The van der Waals surface area contributed by atoms with Gasteiger partial charge in [0.2, 0.25) is 0 Å². The van der Waals surface area contributed by atoms with Crippen LogP contribution in [-0.2, 0) is 6.42 Å². The Hall–Kier alpha value is -2.03. The summed E-state index contributed by atoms with van der Waals surface area (Å²) in [4.78, 5) is 4.20. The summed E-state index contributed by atoms with van der Waals surface area (Å²) in [7, 11) is 1.67. The van der Waals surface area contributed by atoms with Gasteiger partial charge in [-0.15, -0.1) is 0 Å². The molecule has 88 valence electrons. The molecule has 3 nitrogen and oxygen atoms in total. The number of hydrogen-bond donors (Lipinski definition) is 1. The lowest BCUT2D eigenvalue weighted by molar-refractivity contribution is 0.417. The molecular formula is C14H16N2O. The molecule has 1 heterocycles. The van der Waals surface area contributed by atoms with Crippen LogP contribution < -0.4 is 10.1 Å². The molecule has 1 N–H and O–H groups in total. The van der Waals surface area contributed by atoms with Gasteiger partial charge in [0.25, 0.3) is 0 Å². The van der Waals surface area contributed by atoms with Gasteiger partial charge < -0.3 is 10.1 Å². The number of aryl methyl sites for hydroxylation is 1. The Labute approximate surface area is 101 Å². The largest absolute Gasteiger partial charge is 0.495 e. The van der Waals surface area contributed by atoms with Crippen molar-refractivity contribution in [1.82, 2.24) is 4.98 Å². The second-order valence-electron chi connectivity index (χ2n) is 3.76. The summed E-state index contributed by atoms with van der Waals surface area (Å²) < 4.78 is 5.29. The Morgan fingerprint density at radius 3 is 2.82 bits per heavy atom. The van der Waals surface area contributed by atoms with Gasteiger partial charge in [-0.05, 0) is 30.2 Å². The third kappa shape index (κ3) is 2.75. The van der Waals surface area contributed by atoms with Gasteiger partial charge in [-0.1, -0.05) is 19.1 Å². The maximum atomic E-state index is 5.29. The number of benzene rings is 1. The molecule has 2 aromatic rings. The topological polar surface area (TPSA) is 34.2 Å². The van der Waals surface area contributed by atoms with E-state index in [1.165, 1.54) is 5.56 Å². The Morgan fingerprint density at radius 1 is 1.24 bits per heavy atom. The molecule has 0 atom stereocenters. The Bertz CT molecular complexity index is 497. The number of methoxy groups -OCH3 is 1. The van der Waals surface area contributed by atoms with E-state index in [1.807, 2.05) is 36.7 Å². The number of aromatic nitrogens is 1. The molecule has 0 amide bonds. The first-order valence-electron chi connectivity index (χ1n) is 5.67. The van der Waals surface area contributed by atoms with E-state index >= 15 is 0 Å². The lowest BCUT2D eigenvalue weighted by atomic mass is 10.2. The first-order chi connectivity index (χ1) is 8.33. The predicted octanol–water partition coefficient (Wildman–Crippen LogP) is 3.40. The highest BCUT2D eigenvalue weighted by Crippen LogP contribution is 2.26. The van der Waals surface area contributed by atoms with Crippen molar-refractivity contribution in [3.8, 4) is 5.75 Å². The summed E-state index contributed by atoms with van der Waals surface area (Å²) in [6.45, 7) is 2.11. The first kappa shape index (κ1) is 11.5. The number of rotatable bonds is 4. The van der Waals surface area contributed by atoms with Crippen molar-refractivity contribution in [2.75, 3.05) is 12.4 Å². The number of hydrogen-bond acceptors (Lipinski definition) is 3. The SMILES string of the molecule is CCc1cncc(Nc2ccccc2OC)c1. The third-order valence-corrected chi connectivity index (χ3v) is 2.59. The molecule has 1 aromatic carbocycles. The highest BCUT2D eigenvalue weighted by molar-refractivity contribution is 5.65. The minimum absolute atomic E-state index is 0.828. The van der Waals surface area contributed by atoms with Crippen LogP contribution >= 0.6 is 0 Å². The molecule has 0 unspecified atom stereocenters. The van der Waals surface area contributed by atoms with E-state index in [9.17, 15) is 0 Å². The summed E-state index contributed by atoms with van der Waals surface area (Å²) in [6.07, 6.45) is 4.67. The van der Waals surface area contributed by atoms with Gasteiger partial charge in [0, 0.05) is 6.20 Å². The zero-order valence-corrected chi connectivity index (χ0v) is 10.1. The van der Waals surface area contributed by atoms with Gasteiger partial charge in [0.1, 0.15) is 5.75 Å². The van der Waals surface area contributed by atoms with Crippen LogP contribution in [0.15, 0.2) is 42.7 Å². The molecule has 1 aromatic heterocycles. The summed E-state index contributed by atoms with van der Waals surface area (Å²) in [6, 6.07) is 9.93. The Morgan fingerprint density at radius 2 is 2.06 bits per heavy atom. The second kappa shape index (κ2) is 5.34. The van der Waals surface area contributed by atoms with Gasteiger partial charge in [0.05, 0.1) is 24.7 Å². The summed E-state index contributed by atoms with van der Waals surface area (Å²) in [5.41, 5.74) is 3.14. The average molecular weight is 228 g/mol. The predicted molar refractivity (Wildman–Crippen MR) is 69.9 cm³/mol. The first-order valence-corrected chi connectivity index (χ1v) is 5.67. The minimum Gasteiger partial charge on any atom is -0.495 e. The quantitative estimate of drug-likeness (QED) is 0.870. The zero-order chi connectivity index (χ0) is 12.1. The average Bonchev–Trinajstić information content (AvgIpc) is 2.39. The van der Waals surface area contributed by atoms with E-state index < -0.39 is 0 Å². The van der Waals surface area contributed by atoms with Crippen LogP contribution in [0.2, 0.25) is 0 Å². The highest BCUT2D eigenvalue weighted by atomic mass is 16.5. The van der Waals surface area contributed by atoms with E-state index in [1.54, 1.807) is 7.11 Å². The molecule has 2 rings (SSSR count). The minimum atomic E-state index is 0.828. The van der Waals surface area contributed by atoms with E-state index in [0.717, 1.165) is 23.5 Å². The zero-order valence-electron chi connectivity index (χ0n) is 10.1.